The van der Waals surface area contributed by atoms with E-state index < -0.39 is 30.1 Å². The van der Waals surface area contributed by atoms with E-state index in [1.165, 1.54) is 13.3 Å². The number of rotatable bonds is 7. The molecule has 11 nitrogen and oxygen atoms in total. The summed E-state index contributed by atoms with van der Waals surface area (Å²) in [6, 6.07) is -1.71. The predicted molar refractivity (Wildman–Crippen MR) is 84.2 cm³/mol. The molecule has 0 bridgehead atoms. The van der Waals surface area contributed by atoms with Crippen LogP contribution in [-0.4, -0.2) is 85.9 Å². The summed E-state index contributed by atoms with van der Waals surface area (Å²) in [5, 5.41) is 43.2. The van der Waals surface area contributed by atoms with Crippen molar-refractivity contribution < 1.29 is 35.1 Å². The van der Waals surface area contributed by atoms with Gasteiger partial charge in [-0.15, -0.1) is 0 Å². The van der Waals surface area contributed by atoms with Crippen LogP contribution in [0.4, 0.5) is 0 Å². The zero-order chi connectivity index (χ0) is 19.1. The van der Waals surface area contributed by atoms with Crippen molar-refractivity contribution in [3.05, 3.63) is 18.2 Å². The number of nitrogens with two attached hydrogens (primary N) is 1. The highest BCUT2D eigenvalue weighted by Gasteiger charge is 2.16. The zero-order valence-corrected chi connectivity index (χ0v) is 13.6. The standard InChI is InChI=1S/C7H11N3O2.C4H9NO3.C2H6O2/c1-8-6(7(11)12)2-5-3-9-4-10-5;1-2(6)3(5)4(7)8;3-1-2-4/h3-4,6,8H,2H2,1H3,(H,9,10)(H,11,12);2-3,6H,5H2,1H3,(H,7,8);3-4H,1-2H2/t6-;2-,3+;/m01./s1. The first-order valence-corrected chi connectivity index (χ1v) is 6.96. The lowest BCUT2D eigenvalue weighted by Gasteiger charge is -2.08. The van der Waals surface area contributed by atoms with Crippen molar-refractivity contribution in [2.45, 2.75) is 31.5 Å². The van der Waals surface area contributed by atoms with E-state index in [1.807, 2.05) is 0 Å². The third-order valence-corrected chi connectivity index (χ3v) is 2.53. The number of aromatic amines is 1. The number of nitrogens with zero attached hydrogens (tertiary/aromatic N) is 1. The van der Waals surface area contributed by atoms with E-state index in [4.69, 9.17) is 31.3 Å². The van der Waals surface area contributed by atoms with Gasteiger partial charge in [0.1, 0.15) is 12.1 Å². The number of aliphatic hydroxyl groups is 3. The molecule has 11 heteroatoms. The molecule has 1 aromatic heterocycles. The molecule has 9 N–H and O–H groups in total. The highest BCUT2D eigenvalue weighted by molar-refractivity contribution is 5.74. The number of H-pyrrole nitrogens is 1. The lowest BCUT2D eigenvalue weighted by Crippen LogP contribution is -2.39. The second kappa shape index (κ2) is 14.5. The van der Waals surface area contributed by atoms with Crippen LogP contribution in [0.25, 0.3) is 0 Å². The topological polar surface area (TPSA) is 202 Å². The number of aromatic nitrogens is 2. The van der Waals surface area contributed by atoms with Crippen LogP contribution >= 0.6 is 0 Å². The molecule has 1 rings (SSSR count). The van der Waals surface area contributed by atoms with Crippen LogP contribution in [0.3, 0.4) is 0 Å². The SMILES string of the molecule is CN[C@@H](Cc1cnc[nH]1)C(=O)O.C[C@@H](O)[C@H](N)C(=O)O.OCCO. The van der Waals surface area contributed by atoms with Crippen molar-refractivity contribution in [1.29, 1.82) is 0 Å². The van der Waals surface area contributed by atoms with Crippen LogP contribution in [0.1, 0.15) is 12.6 Å². The molecule has 140 valence electrons. The number of aliphatic hydroxyl groups excluding tert-OH is 3. The summed E-state index contributed by atoms with van der Waals surface area (Å²) < 4.78 is 0. The predicted octanol–water partition coefficient (Wildman–Crippen LogP) is -2.63. The maximum atomic E-state index is 10.6. The molecule has 24 heavy (non-hydrogen) atoms. The Morgan fingerprint density at radius 2 is 1.83 bits per heavy atom. The van der Waals surface area contributed by atoms with E-state index in [-0.39, 0.29) is 13.2 Å². The number of carbonyl (C=O) groups is 2. The lowest BCUT2D eigenvalue weighted by molar-refractivity contribution is -0.141. The van der Waals surface area contributed by atoms with Crippen molar-refractivity contribution in [3.63, 3.8) is 0 Å². The van der Waals surface area contributed by atoms with Gasteiger partial charge in [0.25, 0.3) is 0 Å². The summed E-state index contributed by atoms with van der Waals surface area (Å²) in [7, 11) is 1.62. The molecular weight excluding hydrogens is 324 g/mol. The number of aliphatic carboxylic acids is 2. The van der Waals surface area contributed by atoms with Gasteiger partial charge in [0.05, 0.1) is 25.6 Å². The van der Waals surface area contributed by atoms with Gasteiger partial charge in [-0.1, -0.05) is 0 Å². The fourth-order valence-electron chi connectivity index (χ4n) is 1.14. The maximum absolute atomic E-state index is 10.6. The van der Waals surface area contributed by atoms with Gasteiger partial charge in [-0.05, 0) is 14.0 Å². The van der Waals surface area contributed by atoms with Crippen LogP contribution < -0.4 is 11.1 Å². The summed E-state index contributed by atoms with van der Waals surface area (Å²) >= 11 is 0. The number of nitrogens with one attached hydrogen (secondary N) is 2. The number of hydrogen-bond acceptors (Lipinski definition) is 8. The van der Waals surface area contributed by atoms with Crippen molar-refractivity contribution in [2.75, 3.05) is 20.3 Å². The fraction of sp³-hybridized carbons (Fsp3) is 0.615. The number of hydrogen-bond donors (Lipinski definition) is 8. The molecule has 0 radical (unpaired) electrons. The maximum Gasteiger partial charge on any atom is 0.323 e. The van der Waals surface area contributed by atoms with E-state index >= 15 is 0 Å². The van der Waals surface area contributed by atoms with E-state index in [2.05, 4.69) is 15.3 Å². The quantitative estimate of drug-likeness (QED) is 0.257. The van der Waals surface area contributed by atoms with E-state index in [1.54, 1.807) is 13.2 Å². The fourth-order valence-corrected chi connectivity index (χ4v) is 1.14. The van der Waals surface area contributed by atoms with Gasteiger partial charge in [0, 0.05) is 18.3 Å². The average molecular weight is 350 g/mol. The first-order chi connectivity index (χ1) is 11.2. The molecule has 1 heterocycles. The third-order valence-electron chi connectivity index (χ3n) is 2.53. The summed E-state index contributed by atoms with van der Waals surface area (Å²) in [5.41, 5.74) is 5.73. The highest BCUT2D eigenvalue weighted by Crippen LogP contribution is 1.97. The van der Waals surface area contributed by atoms with Gasteiger partial charge in [-0.2, -0.15) is 0 Å². The Balaban J connectivity index is 0. The van der Waals surface area contributed by atoms with Crippen LogP contribution in [0.15, 0.2) is 12.5 Å². The Morgan fingerprint density at radius 3 is 2.04 bits per heavy atom. The lowest BCUT2D eigenvalue weighted by atomic mass is 10.2. The molecule has 0 aliphatic rings. The Bertz CT molecular complexity index is 438. The molecular formula is C13H26N4O7. The van der Waals surface area contributed by atoms with Gasteiger partial charge in [0.2, 0.25) is 0 Å². The second-order valence-electron chi connectivity index (χ2n) is 4.51. The van der Waals surface area contributed by atoms with Gasteiger partial charge < -0.3 is 41.6 Å². The molecule has 1 aromatic rings. The van der Waals surface area contributed by atoms with Gasteiger partial charge in [-0.25, -0.2) is 4.98 Å². The molecule has 0 saturated carbocycles. The van der Waals surface area contributed by atoms with Gasteiger partial charge >= 0.3 is 11.9 Å². The van der Waals surface area contributed by atoms with Crippen molar-refractivity contribution in [2.24, 2.45) is 5.73 Å². The number of likely N-dealkylation sites (N-methyl/N-ethyl adjacent to an activating group) is 1. The number of carboxylic acids is 2. The Kier molecular flexibility index (Phi) is 14.7. The van der Waals surface area contributed by atoms with Gasteiger partial charge in [0.15, 0.2) is 0 Å². The number of imidazole rings is 1. The summed E-state index contributed by atoms with van der Waals surface area (Å²) in [6.07, 6.45) is 2.59. The van der Waals surface area contributed by atoms with Crippen molar-refractivity contribution in [1.82, 2.24) is 15.3 Å². The minimum absolute atomic E-state index is 0.125. The molecule has 0 fully saturated rings. The Hall–Kier alpha value is -2.05. The summed E-state index contributed by atoms with van der Waals surface area (Å²) in [6.45, 7) is 1.08. The monoisotopic (exact) mass is 350 g/mol. The van der Waals surface area contributed by atoms with Crippen LogP contribution in [0.2, 0.25) is 0 Å². The first kappa shape index (κ1) is 24.2. The molecule has 3 atom stereocenters. The largest absolute Gasteiger partial charge is 0.480 e. The molecule has 0 saturated heterocycles. The molecule has 0 aliphatic heterocycles. The minimum Gasteiger partial charge on any atom is -0.480 e. The smallest absolute Gasteiger partial charge is 0.323 e. The average Bonchev–Trinajstić information content (AvgIpc) is 3.05. The van der Waals surface area contributed by atoms with Crippen molar-refractivity contribution >= 4 is 11.9 Å². The van der Waals surface area contributed by atoms with Crippen molar-refractivity contribution in [3.8, 4) is 0 Å². The molecule has 0 unspecified atom stereocenters. The highest BCUT2D eigenvalue weighted by atomic mass is 16.4. The van der Waals surface area contributed by atoms with Gasteiger partial charge in [-0.3, -0.25) is 9.59 Å². The van der Waals surface area contributed by atoms with Crippen LogP contribution in [0.5, 0.6) is 0 Å². The molecule has 0 aliphatic carbocycles. The second-order valence-corrected chi connectivity index (χ2v) is 4.51. The molecule has 0 amide bonds. The molecule has 0 aromatic carbocycles. The first-order valence-electron chi connectivity index (χ1n) is 6.96. The van der Waals surface area contributed by atoms with E-state index in [0.717, 1.165) is 5.69 Å². The molecule has 0 spiro atoms. The Labute approximate surface area is 139 Å². The van der Waals surface area contributed by atoms with Crippen LogP contribution in [-0.2, 0) is 16.0 Å². The Morgan fingerprint density at radius 1 is 1.29 bits per heavy atom. The minimum atomic E-state index is -1.18. The third kappa shape index (κ3) is 12.5. The summed E-state index contributed by atoms with van der Waals surface area (Å²) in [5.74, 6) is -2.04. The van der Waals surface area contributed by atoms with E-state index in [9.17, 15) is 9.59 Å². The van der Waals surface area contributed by atoms with E-state index in [0.29, 0.717) is 6.42 Å². The number of carboxylic acid groups (broad SMARTS) is 2. The van der Waals surface area contributed by atoms with Crippen LogP contribution in [0, 0.1) is 0 Å². The summed E-state index contributed by atoms with van der Waals surface area (Å²) in [4.78, 5) is 27.1. The zero-order valence-electron chi connectivity index (χ0n) is 13.6. The normalized spacial score (nSPS) is 13.4.